The molecule has 8 nitrogen and oxygen atoms in total. The Bertz CT molecular complexity index is 1050. The molecule has 4 aromatic rings. The fraction of sp³-hybridized carbons (Fsp3) is 0.353. The van der Waals surface area contributed by atoms with E-state index in [0.717, 1.165) is 54.3 Å². The summed E-state index contributed by atoms with van der Waals surface area (Å²) in [6, 6.07) is 5.97. The van der Waals surface area contributed by atoms with Crippen LogP contribution in [0.1, 0.15) is 30.3 Å². The Morgan fingerprint density at radius 3 is 3.12 bits per heavy atom. The number of aromatic nitrogens is 6. The van der Waals surface area contributed by atoms with Gasteiger partial charge in [0.25, 0.3) is 5.71 Å². The number of aryl methyl sites for hydroxylation is 1. The average molecular weight is 335 g/mol. The fourth-order valence-electron chi connectivity index (χ4n) is 3.66. The van der Waals surface area contributed by atoms with Gasteiger partial charge in [0.2, 0.25) is 0 Å². The first-order chi connectivity index (χ1) is 12.3. The number of hydrogen-bond acceptors (Lipinski definition) is 7. The number of pyridine rings is 1. The maximum atomic E-state index is 5.28. The Hall–Kier alpha value is -3.03. The number of hydrogen-bond donors (Lipinski definition) is 0. The van der Waals surface area contributed by atoms with Gasteiger partial charge in [-0.3, -0.25) is 4.40 Å². The molecule has 0 saturated carbocycles. The molecule has 1 aliphatic heterocycles. The van der Waals surface area contributed by atoms with Gasteiger partial charge in [-0.15, -0.1) is 10.2 Å². The van der Waals surface area contributed by atoms with Crippen LogP contribution in [-0.4, -0.2) is 42.8 Å². The van der Waals surface area contributed by atoms with Gasteiger partial charge in [0.1, 0.15) is 23.4 Å². The zero-order valence-electron chi connectivity index (χ0n) is 13.8. The highest BCUT2D eigenvalue weighted by Crippen LogP contribution is 2.32. The Morgan fingerprint density at radius 2 is 2.16 bits per heavy atom. The molecule has 0 N–H and O–H groups in total. The summed E-state index contributed by atoms with van der Waals surface area (Å²) >= 11 is 0. The van der Waals surface area contributed by atoms with Gasteiger partial charge in [0, 0.05) is 25.2 Å². The Morgan fingerprint density at radius 1 is 1.20 bits per heavy atom. The lowest BCUT2D eigenvalue weighted by Crippen LogP contribution is -2.35. The number of piperidine rings is 1. The molecule has 8 heteroatoms. The highest BCUT2D eigenvalue weighted by molar-refractivity contribution is 5.87. The molecular formula is C17H17N7O. The topological polar surface area (TPSA) is 85.2 Å². The van der Waals surface area contributed by atoms with Gasteiger partial charge < -0.3 is 9.42 Å². The lowest BCUT2D eigenvalue weighted by Gasteiger charge is -2.32. The minimum atomic E-state index is 0.302. The van der Waals surface area contributed by atoms with Crippen molar-refractivity contribution in [3.05, 3.63) is 42.2 Å². The van der Waals surface area contributed by atoms with E-state index in [1.807, 2.05) is 31.3 Å². The van der Waals surface area contributed by atoms with Crippen molar-refractivity contribution in [2.45, 2.75) is 25.7 Å². The van der Waals surface area contributed by atoms with Crippen LogP contribution in [0.2, 0.25) is 0 Å². The van der Waals surface area contributed by atoms with E-state index in [-0.39, 0.29) is 0 Å². The minimum absolute atomic E-state index is 0.302. The first-order valence-corrected chi connectivity index (χ1v) is 8.43. The van der Waals surface area contributed by atoms with E-state index in [0.29, 0.717) is 11.6 Å². The van der Waals surface area contributed by atoms with Gasteiger partial charge in [-0.1, -0.05) is 11.2 Å². The van der Waals surface area contributed by atoms with Crippen molar-refractivity contribution in [3.8, 4) is 0 Å². The molecule has 0 amide bonds. The SMILES string of the molecule is Cc1noc2ncnc(N3CCC[C@@H](c4nnc5ccccn45)C3)c12. The van der Waals surface area contributed by atoms with Crippen LogP contribution in [-0.2, 0) is 0 Å². The van der Waals surface area contributed by atoms with Crippen LogP contribution < -0.4 is 4.90 Å². The largest absolute Gasteiger partial charge is 0.355 e. The second-order valence-corrected chi connectivity index (χ2v) is 6.42. The van der Waals surface area contributed by atoms with E-state index in [9.17, 15) is 0 Å². The van der Waals surface area contributed by atoms with Crippen molar-refractivity contribution in [3.63, 3.8) is 0 Å². The zero-order valence-corrected chi connectivity index (χ0v) is 13.8. The van der Waals surface area contributed by atoms with Crippen LogP contribution >= 0.6 is 0 Å². The fourth-order valence-corrected chi connectivity index (χ4v) is 3.66. The van der Waals surface area contributed by atoms with Crippen molar-refractivity contribution >= 4 is 22.6 Å². The normalized spacial score (nSPS) is 18.3. The summed E-state index contributed by atoms with van der Waals surface area (Å²) in [4.78, 5) is 11.0. The molecule has 5 rings (SSSR count). The van der Waals surface area contributed by atoms with Gasteiger partial charge in [-0.2, -0.15) is 4.98 Å². The van der Waals surface area contributed by atoms with Gasteiger partial charge >= 0.3 is 0 Å². The third kappa shape index (κ3) is 2.25. The molecule has 25 heavy (non-hydrogen) atoms. The summed E-state index contributed by atoms with van der Waals surface area (Å²) in [5.41, 5.74) is 2.24. The lowest BCUT2D eigenvalue weighted by atomic mass is 9.97. The van der Waals surface area contributed by atoms with Gasteiger partial charge in [-0.25, -0.2) is 4.98 Å². The van der Waals surface area contributed by atoms with E-state index < -0.39 is 0 Å². The summed E-state index contributed by atoms with van der Waals surface area (Å²) in [5, 5.41) is 13.7. The standard InChI is InChI=1S/C17H17N7O/c1-11-14-16(18-10-19-17(14)25-22-11)23-7-4-5-12(9-23)15-21-20-13-6-2-3-8-24(13)15/h2-3,6,8,10,12H,4-5,7,9H2,1H3/t12-/m1/s1. The highest BCUT2D eigenvalue weighted by atomic mass is 16.5. The number of rotatable bonds is 2. The molecule has 4 aromatic heterocycles. The maximum absolute atomic E-state index is 5.28. The van der Waals surface area contributed by atoms with E-state index in [1.54, 1.807) is 6.33 Å². The molecule has 1 atom stereocenters. The molecule has 5 heterocycles. The molecular weight excluding hydrogens is 318 g/mol. The van der Waals surface area contributed by atoms with Crippen LogP contribution in [0.25, 0.3) is 16.7 Å². The Balaban J connectivity index is 1.53. The molecule has 1 saturated heterocycles. The summed E-state index contributed by atoms with van der Waals surface area (Å²) in [5.74, 6) is 2.20. The molecule has 126 valence electrons. The quantitative estimate of drug-likeness (QED) is 0.556. The summed E-state index contributed by atoms with van der Waals surface area (Å²) in [6.07, 6.45) is 5.72. The second-order valence-electron chi connectivity index (χ2n) is 6.42. The number of nitrogens with zero attached hydrogens (tertiary/aromatic N) is 7. The molecule has 1 fully saturated rings. The molecule has 0 radical (unpaired) electrons. The molecule has 1 aliphatic rings. The van der Waals surface area contributed by atoms with Crippen LogP contribution in [0.5, 0.6) is 0 Å². The molecule has 0 unspecified atom stereocenters. The molecule has 0 spiro atoms. The minimum Gasteiger partial charge on any atom is -0.355 e. The van der Waals surface area contributed by atoms with Crippen LogP contribution in [0.3, 0.4) is 0 Å². The van der Waals surface area contributed by atoms with Gasteiger partial charge in [0.05, 0.1) is 5.69 Å². The Kier molecular flexibility index (Phi) is 3.16. The Labute approximate surface area is 143 Å². The van der Waals surface area contributed by atoms with Crippen molar-refractivity contribution in [2.75, 3.05) is 18.0 Å². The van der Waals surface area contributed by atoms with E-state index >= 15 is 0 Å². The maximum Gasteiger partial charge on any atom is 0.263 e. The monoisotopic (exact) mass is 335 g/mol. The predicted octanol–water partition coefficient (Wildman–Crippen LogP) is 2.35. The van der Waals surface area contributed by atoms with Crippen molar-refractivity contribution in [1.82, 2.24) is 29.7 Å². The number of fused-ring (bicyclic) bond motifs is 2. The summed E-state index contributed by atoms with van der Waals surface area (Å²) < 4.78 is 7.36. The smallest absolute Gasteiger partial charge is 0.263 e. The number of anilines is 1. The summed E-state index contributed by atoms with van der Waals surface area (Å²) in [6.45, 7) is 3.71. The van der Waals surface area contributed by atoms with Gasteiger partial charge in [-0.05, 0) is 31.9 Å². The highest BCUT2D eigenvalue weighted by Gasteiger charge is 2.28. The van der Waals surface area contributed by atoms with Crippen molar-refractivity contribution in [1.29, 1.82) is 0 Å². The van der Waals surface area contributed by atoms with Crippen molar-refractivity contribution in [2.24, 2.45) is 0 Å². The van der Waals surface area contributed by atoms with E-state index in [4.69, 9.17) is 4.52 Å². The zero-order chi connectivity index (χ0) is 16.8. The predicted molar refractivity (Wildman–Crippen MR) is 91.5 cm³/mol. The second kappa shape index (κ2) is 5.51. The first-order valence-electron chi connectivity index (χ1n) is 8.43. The lowest BCUT2D eigenvalue weighted by molar-refractivity contribution is 0.442. The molecule has 0 aliphatic carbocycles. The molecule has 0 bridgehead atoms. The third-order valence-electron chi connectivity index (χ3n) is 4.85. The van der Waals surface area contributed by atoms with Crippen LogP contribution in [0, 0.1) is 6.92 Å². The molecule has 0 aromatic carbocycles. The van der Waals surface area contributed by atoms with Crippen LogP contribution in [0.15, 0.2) is 35.2 Å². The summed E-state index contributed by atoms with van der Waals surface area (Å²) in [7, 11) is 0. The third-order valence-corrected chi connectivity index (χ3v) is 4.85. The van der Waals surface area contributed by atoms with E-state index in [2.05, 4.69) is 34.6 Å². The van der Waals surface area contributed by atoms with Crippen LogP contribution in [0.4, 0.5) is 5.82 Å². The first kappa shape index (κ1) is 14.3. The van der Waals surface area contributed by atoms with Crippen molar-refractivity contribution < 1.29 is 4.52 Å². The average Bonchev–Trinajstić information content (AvgIpc) is 3.26. The van der Waals surface area contributed by atoms with Gasteiger partial charge in [0.15, 0.2) is 5.65 Å². The van der Waals surface area contributed by atoms with E-state index in [1.165, 1.54) is 0 Å².